The third-order valence-electron chi connectivity index (χ3n) is 10.8. The van der Waals surface area contributed by atoms with Gasteiger partial charge in [0, 0.05) is 24.6 Å². The molecule has 8 nitrogen and oxygen atoms in total. The van der Waals surface area contributed by atoms with Gasteiger partial charge in [-0.05, 0) is 69.0 Å². The second-order valence-corrected chi connectivity index (χ2v) is 13.4. The Hall–Kier alpha value is -1.87. The molecule has 2 saturated carbocycles. The molecule has 2 bridgehead atoms. The number of aliphatic hydroxyl groups is 3. The van der Waals surface area contributed by atoms with Gasteiger partial charge in [-0.2, -0.15) is 0 Å². The maximum absolute atomic E-state index is 12.4. The summed E-state index contributed by atoms with van der Waals surface area (Å²) < 4.78 is 17.5. The number of esters is 1. The number of nitrogens with zero attached hydrogens (tertiary/aromatic N) is 1. The fraction of sp³-hybridized carbons (Fsp3) is 0.788. The number of carbonyl (C=O) groups is 1. The van der Waals surface area contributed by atoms with Crippen molar-refractivity contribution in [3.8, 4) is 11.5 Å². The minimum absolute atomic E-state index is 0.133. The van der Waals surface area contributed by atoms with E-state index in [4.69, 9.17) is 14.2 Å². The average molecular weight is 572 g/mol. The van der Waals surface area contributed by atoms with Crippen molar-refractivity contribution in [2.24, 2.45) is 5.92 Å². The minimum Gasteiger partial charge on any atom is -0.454 e. The summed E-state index contributed by atoms with van der Waals surface area (Å²) in [6, 6.07) is 3.66. The summed E-state index contributed by atoms with van der Waals surface area (Å²) in [5, 5.41) is 35.6. The van der Waals surface area contributed by atoms with Crippen LogP contribution in [-0.4, -0.2) is 69.6 Å². The molecule has 6 rings (SSSR count). The molecule has 3 aliphatic carbocycles. The van der Waals surface area contributed by atoms with E-state index in [1.54, 1.807) is 6.07 Å². The van der Waals surface area contributed by atoms with Crippen molar-refractivity contribution in [2.75, 3.05) is 19.9 Å². The van der Waals surface area contributed by atoms with Crippen LogP contribution in [-0.2, 0) is 21.4 Å². The molecule has 0 radical (unpaired) electrons. The van der Waals surface area contributed by atoms with Gasteiger partial charge in [0.05, 0.1) is 11.0 Å². The van der Waals surface area contributed by atoms with Gasteiger partial charge in [-0.15, -0.1) is 0 Å². The standard InChI is InChI=1S/C33H49NO7/c1-2-3-4-5-6-7-8-9-10-11-28(36)40-22-39-25-15-14-24-20-26-32(37)17-16-27(35)33(38)31(32,29(24)30(25)41-33)18-19-34(26)21-23-12-13-23/h14-15,23,26-27,35,37-38H,2-13,16-22H2,1H3/t26?,27?,31-,32-,33+/m1/s1. The van der Waals surface area contributed by atoms with Crippen molar-refractivity contribution >= 4 is 5.97 Å². The molecule has 0 aromatic heterocycles. The molecule has 228 valence electrons. The highest BCUT2D eigenvalue weighted by molar-refractivity contribution is 5.69. The molecule has 8 heteroatoms. The predicted octanol–water partition coefficient (Wildman–Crippen LogP) is 4.73. The maximum atomic E-state index is 12.4. The van der Waals surface area contributed by atoms with E-state index in [0.29, 0.717) is 43.1 Å². The first-order valence-corrected chi connectivity index (χ1v) is 16.3. The smallest absolute Gasteiger partial charge is 0.308 e. The number of ether oxygens (including phenoxy) is 3. The first-order chi connectivity index (χ1) is 19.8. The van der Waals surface area contributed by atoms with Crippen molar-refractivity contribution in [1.29, 1.82) is 0 Å². The van der Waals surface area contributed by atoms with Gasteiger partial charge >= 0.3 is 5.97 Å². The van der Waals surface area contributed by atoms with Crippen LogP contribution in [0.15, 0.2) is 12.1 Å². The van der Waals surface area contributed by atoms with Gasteiger partial charge in [0.15, 0.2) is 11.5 Å². The lowest BCUT2D eigenvalue weighted by Crippen LogP contribution is -2.81. The zero-order valence-corrected chi connectivity index (χ0v) is 24.7. The Bertz CT molecular complexity index is 1110. The Labute approximate surface area is 244 Å². The zero-order chi connectivity index (χ0) is 28.7. The number of piperidine rings is 1. The van der Waals surface area contributed by atoms with Crippen molar-refractivity contribution in [2.45, 2.75) is 139 Å². The molecule has 1 spiro atoms. The molecule has 41 heavy (non-hydrogen) atoms. The number of aliphatic hydroxyl groups excluding tert-OH is 1. The first-order valence-electron chi connectivity index (χ1n) is 16.3. The highest BCUT2D eigenvalue weighted by atomic mass is 16.7. The molecule has 5 aliphatic rings. The summed E-state index contributed by atoms with van der Waals surface area (Å²) in [5.41, 5.74) is -0.554. The fourth-order valence-electron chi connectivity index (χ4n) is 8.43. The third kappa shape index (κ3) is 4.96. The Kier molecular flexibility index (Phi) is 8.31. The molecule has 1 aromatic carbocycles. The van der Waals surface area contributed by atoms with Crippen molar-refractivity contribution < 1.29 is 34.3 Å². The van der Waals surface area contributed by atoms with Crippen LogP contribution in [0.2, 0.25) is 0 Å². The summed E-state index contributed by atoms with van der Waals surface area (Å²) in [6.07, 6.45) is 14.2. The highest BCUT2D eigenvalue weighted by Crippen LogP contribution is 2.68. The van der Waals surface area contributed by atoms with Crippen LogP contribution in [0, 0.1) is 5.92 Å². The lowest BCUT2D eigenvalue weighted by molar-refractivity contribution is -0.320. The van der Waals surface area contributed by atoms with Crippen LogP contribution >= 0.6 is 0 Å². The highest BCUT2D eigenvalue weighted by Gasteiger charge is 2.79. The van der Waals surface area contributed by atoms with Crippen molar-refractivity contribution in [3.63, 3.8) is 0 Å². The van der Waals surface area contributed by atoms with E-state index < -0.39 is 22.9 Å². The summed E-state index contributed by atoms with van der Waals surface area (Å²) in [7, 11) is 0. The topological polar surface area (TPSA) is 109 Å². The molecule has 1 aromatic rings. The molecular formula is C33H49NO7. The number of rotatable bonds is 15. The molecule has 2 unspecified atom stereocenters. The summed E-state index contributed by atoms with van der Waals surface area (Å²) in [5.74, 6) is -0.798. The summed E-state index contributed by atoms with van der Waals surface area (Å²) in [6.45, 7) is 3.69. The molecule has 5 atom stereocenters. The van der Waals surface area contributed by atoms with Crippen molar-refractivity contribution in [3.05, 3.63) is 23.3 Å². The Morgan fingerprint density at radius 3 is 2.49 bits per heavy atom. The second kappa shape index (κ2) is 11.7. The summed E-state index contributed by atoms with van der Waals surface area (Å²) in [4.78, 5) is 14.7. The van der Waals surface area contributed by atoms with Gasteiger partial charge in [-0.3, -0.25) is 9.69 Å². The van der Waals surface area contributed by atoms with E-state index in [1.807, 2.05) is 6.07 Å². The number of hydrogen-bond donors (Lipinski definition) is 3. The molecule has 1 saturated heterocycles. The number of likely N-dealkylation sites (tertiary alicyclic amines) is 1. The fourth-order valence-corrected chi connectivity index (χ4v) is 8.43. The van der Waals surface area contributed by atoms with Gasteiger partial charge < -0.3 is 29.5 Å². The third-order valence-corrected chi connectivity index (χ3v) is 10.8. The molecular weight excluding hydrogens is 522 g/mol. The number of unbranched alkanes of at least 4 members (excludes halogenated alkanes) is 8. The predicted molar refractivity (Wildman–Crippen MR) is 154 cm³/mol. The average Bonchev–Trinajstić information content (AvgIpc) is 3.72. The molecule has 3 N–H and O–H groups in total. The monoisotopic (exact) mass is 571 g/mol. The van der Waals surface area contributed by atoms with E-state index in [2.05, 4.69) is 11.8 Å². The Morgan fingerprint density at radius 1 is 1.02 bits per heavy atom. The van der Waals surface area contributed by atoms with Crippen LogP contribution < -0.4 is 9.47 Å². The summed E-state index contributed by atoms with van der Waals surface area (Å²) >= 11 is 0. The van der Waals surface area contributed by atoms with Crippen LogP contribution in [0.25, 0.3) is 0 Å². The number of carbonyl (C=O) groups excluding carboxylic acids is 1. The maximum Gasteiger partial charge on any atom is 0.308 e. The molecule has 3 fully saturated rings. The van der Waals surface area contributed by atoms with Crippen molar-refractivity contribution in [1.82, 2.24) is 4.90 Å². The van der Waals surface area contributed by atoms with E-state index in [9.17, 15) is 20.1 Å². The van der Waals surface area contributed by atoms with Crippen LogP contribution in [0.1, 0.15) is 114 Å². The van der Waals surface area contributed by atoms with E-state index in [1.165, 1.54) is 51.4 Å². The van der Waals surface area contributed by atoms with E-state index in [-0.39, 0.29) is 25.2 Å². The molecule has 2 aliphatic heterocycles. The van der Waals surface area contributed by atoms with E-state index >= 15 is 0 Å². The van der Waals surface area contributed by atoms with Gasteiger partial charge in [0.25, 0.3) is 0 Å². The SMILES string of the molecule is CCCCCCCCCCCC(=O)OCOc1ccc2c3c1O[C@@]1(O)C(O)CC[C@@]4(O)C(C2)N(CC2CC2)CC[C@@]341. The van der Waals surface area contributed by atoms with E-state index in [0.717, 1.165) is 43.5 Å². The molecule has 2 heterocycles. The van der Waals surface area contributed by atoms with Crippen LogP contribution in [0.3, 0.4) is 0 Å². The minimum atomic E-state index is -1.94. The Balaban J connectivity index is 1.09. The van der Waals surface area contributed by atoms with Gasteiger partial charge in [0.2, 0.25) is 12.6 Å². The van der Waals surface area contributed by atoms with Crippen LogP contribution in [0.5, 0.6) is 11.5 Å². The normalized spacial score (nSPS) is 33.3. The molecule has 0 amide bonds. The van der Waals surface area contributed by atoms with Gasteiger partial charge in [-0.1, -0.05) is 64.4 Å². The first kappa shape index (κ1) is 29.2. The number of benzene rings is 1. The number of hydrogen-bond acceptors (Lipinski definition) is 8. The lowest BCUT2D eigenvalue weighted by Gasteiger charge is -2.65. The largest absolute Gasteiger partial charge is 0.454 e. The van der Waals surface area contributed by atoms with Crippen LogP contribution in [0.4, 0.5) is 0 Å². The zero-order valence-electron chi connectivity index (χ0n) is 24.7. The lowest BCUT2D eigenvalue weighted by atomic mass is 9.47. The quantitative estimate of drug-likeness (QED) is 0.158. The second-order valence-electron chi connectivity index (χ2n) is 13.4. The Morgan fingerprint density at radius 2 is 1.76 bits per heavy atom. The van der Waals surface area contributed by atoms with Gasteiger partial charge in [0.1, 0.15) is 6.10 Å². The van der Waals surface area contributed by atoms with Gasteiger partial charge in [-0.25, -0.2) is 0 Å².